The van der Waals surface area contributed by atoms with Crippen LogP contribution in [-0.2, 0) is 16.1 Å². The normalized spacial score (nSPS) is 11.5. The van der Waals surface area contributed by atoms with E-state index in [1.807, 2.05) is 51.1 Å². The summed E-state index contributed by atoms with van der Waals surface area (Å²) in [6.45, 7) is 8.06. The first-order valence-corrected chi connectivity index (χ1v) is 7.49. The zero-order valence-corrected chi connectivity index (χ0v) is 13.8. The largest absolute Gasteiger partial charge is 0.444 e. The number of hydrogen-bond acceptors (Lipinski definition) is 3. The summed E-state index contributed by atoms with van der Waals surface area (Å²) in [6, 6.07) is 9.67. The van der Waals surface area contributed by atoms with Crippen molar-refractivity contribution in [2.75, 3.05) is 6.54 Å². The van der Waals surface area contributed by atoms with Crippen LogP contribution in [0.2, 0.25) is 0 Å². The quantitative estimate of drug-likeness (QED) is 0.747. The van der Waals surface area contributed by atoms with Gasteiger partial charge >= 0.3 is 6.09 Å². The molecule has 0 radical (unpaired) electrons. The van der Waals surface area contributed by atoms with Crippen molar-refractivity contribution in [1.82, 2.24) is 4.90 Å². The lowest BCUT2D eigenvalue weighted by molar-refractivity contribution is -0.114. The second kappa shape index (κ2) is 8.37. The van der Waals surface area contributed by atoms with E-state index in [9.17, 15) is 9.59 Å². The molecule has 0 aliphatic heterocycles. The number of carbonyl (C=O) groups excluding carboxylic acids is 2. The van der Waals surface area contributed by atoms with Gasteiger partial charge in [0.2, 0.25) is 0 Å². The van der Waals surface area contributed by atoms with Crippen molar-refractivity contribution in [2.24, 2.45) is 0 Å². The SMILES string of the molecule is C/C=C/C(=O)CCN(Cc1ccccc1)C(=O)OC(C)(C)C. The Morgan fingerprint density at radius 3 is 2.36 bits per heavy atom. The van der Waals surface area contributed by atoms with Crippen LogP contribution in [0, 0.1) is 0 Å². The molecular formula is C18H25NO3. The monoisotopic (exact) mass is 303 g/mol. The molecule has 0 saturated carbocycles. The minimum absolute atomic E-state index is 0.00382. The molecule has 1 aromatic rings. The number of ether oxygens (including phenoxy) is 1. The van der Waals surface area contributed by atoms with Gasteiger partial charge in [0.1, 0.15) is 5.60 Å². The number of rotatable bonds is 6. The topological polar surface area (TPSA) is 46.6 Å². The Bertz CT molecular complexity index is 515. The van der Waals surface area contributed by atoms with Crippen LogP contribution >= 0.6 is 0 Å². The lowest BCUT2D eigenvalue weighted by atomic mass is 10.2. The molecule has 0 saturated heterocycles. The molecule has 0 bridgehead atoms. The first-order chi connectivity index (χ1) is 10.3. The van der Waals surface area contributed by atoms with E-state index in [0.29, 0.717) is 13.1 Å². The van der Waals surface area contributed by atoms with E-state index in [1.165, 1.54) is 6.08 Å². The van der Waals surface area contributed by atoms with E-state index in [-0.39, 0.29) is 12.2 Å². The summed E-state index contributed by atoms with van der Waals surface area (Å²) < 4.78 is 5.42. The maximum Gasteiger partial charge on any atom is 0.410 e. The molecule has 0 spiro atoms. The molecule has 4 heteroatoms. The van der Waals surface area contributed by atoms with Gasteiger partial charge in [-0.3, -0.25) is 4.79 Å². The van der Waals surface area contributed by atoms with Crippen LogP contribution < -0.4 is 0 Å². The number of hydrogen-bond donors (Lipinski definition) is 0. The van der Waals surface area contributed by atoms with Crippen LogP contribution in [-0.4, -0.2) is 28.9 Å². The molecule has 1 amide bonds. The van der Waals surface area contributed by atoms with Gasteiger partial charge in [-0.2, -0.15) is 0 Å². The zero-order chi connectivity index (χ0) is 16.6. The average molecular weight is 303 g/mol. The zero-order valence-electron chi connectivity index (χ0n) is 13.8. The lowest BCUT2D eigenvalue weighted by Gasteiger charge is -2.27. The van der Waals surface area contributed by atoms with Crippen molar-refractivity contribution in [3.8, 4) is 0 Å². The molecule has 0 fully saturated rings. The minimum Gasteiger partial charge on any atom is -0.444 e. The van der Waals surface area contributed by atoms with Crippen LogP contribution in [0.3, 0.4) is 0 Å². The molecule has 0 aliphatic carbocycles. The summed E-state index contributed by atoms with van der Waals surface area (Å²) in [7, 11) is 0. The van der Waals surface area contributed by atoms with Gasteiger partial charge in [-0.05, 0) is 39.3 Å². The van der Waals surface area contributed by atoms with Gasteiger partial charge in [0.15, 0.2) is 5.78 Å². The molecule has 0 aromatic heterocycles. The van der Waals surface area contributed by atoms with Crippen molar-refractivity contribution in [3.05, 3.63) is 48.0 Å². The van der Waals surface area contributed by atoms with Crippen molar-refractivity contribution >= 4 is 11.9 Å². The Morgan fingerprint density at radius 1 is 1.18 bits per heavy atom. The van der Waals surface area contributed by atoms with Crippen LogP contribution in [0.15, 0.2) is 42.5 Å². The summed E-state index contributed by atoms with van der Waals surface area (Å²) in [6.07, 6.45) is 3.12. The number of carbonyl (C=O) groups is 2. The highest BCUT2D eigenvalue weighted by Gasteiger charge is 2.22. The van der Waals surface area contributed by atoms with Crippen molar-refractivity contribution in [3.63, 3.8) is 0 Å². The third-order valence-corrected chi connectivity index (χ3v) is 2.85. The first-order valence-electron chi connectivity index (χ1n) is 7.49. The molecule has 0 heterocycles. The lowest BCUT2D eigenvalue weighted by Crippen LogP contribution is -2.37. The summed E-state index contributed by atoms with van der Waals surface area (Å²) in [5.41, 5.74) is 0.450. The van der Waals surface area contributed by atoms with Crippen molar-refractivity contribution in [1.29, 1.82) is 0 Å². The fraction of sp³-hybridized carbons (Fsp3) is 0.444. The van der Waals surface area contributed by atoms with Gasteiger partial charge in [0, 0.05) is 19.5 Å². The summed E-state index contributed by atoms with van der Waals surface area (Å²) >= 11 is 0. The fourth-order valence-electron chi connectivity index (χ4n) is 1.88. The molecule has 1 rings (SSSR count). The molecule has 1 aromatic carbocycles. The summed E-state index contributed by atoms with van der Waals surface area (Å²) in [5, 5.41) is 0. The third-order valence-electron chi connectivity index (χ3n) is 2.85. The predicted octanol–water partition coefficient (Wildman–Crippen LogP) is 3.96. The maximum atomic E-state index is 12.3. The molecule has 0 N–H and O–H groups in total. The molecule has 120 valence electrons. The fourth-order valence-corrected chi connectivity index (χ4v) is 1.88. The molecular weight excluding hydrogens is 278 g/mol. The Kier molecular flexibility index (Phi) is 6.83. The van der Waals surface area contributed by atoms with Crippen molar-refractivity contribution < 1.29 is 14.3 Å². The van der Waals surface area contributed by atoms with Crippen molar-refractivity contribution in [2.45, 2.75) is 46.3 Å². The highest BCUT2D eigenvalue weighted by molar-refractivity contribution is 5.89. The Hall–Kier alpha value is -2.10. The molecule has 0 atom stereocenters. The standard InChI is InChI=1S/C18H25NO3/c1-5-9-16(20)12-13-19(17(21)22-18(2,3)4)14-15-10-7-6-8-11-15/h5-11H,12-14H2,1-4H3/b9-5+. The number of benzene rings is 1. The van der Waals surface area contributed by atoms with Gasteiger partial charge in [0.05, 0.1) is 0 Å². The van der Waals surface area contributed by atoms with Crippen LogP contribution in [0.5, 0.6) is 0 Å². The molecule has 4 nitrogen and oxygen atoms in total. The van der Waals surface area contributed by atoms with E-state index in [0.717, 1.165) is 5.56 Å². The second-order valence-corrected chi connectivity index (χ2v) is 6.10. The maximum absolute atomic E-state index is 12.3. The highest BCUT2D eigenvalue weighted by Crippen LogP contribution is 2.13. The van der Waals surface area contributed by atoms with Gasteiger partial charge in [0.25, 0.3) is 0 Å². The van der Waals surface area contributed by atoms with Crippen LogP contribution in [0.1, 0.15) is 39.7 Å². The Balaban J connectivity index is 2.76. The van der Waals surface area contributed by atoms with E-state index in [4.69, 9.17) is 4.74 Å². The van der Waals surface area contributed by atoms with Gasteiger partial charge in [-0.1, -0.05) is 36.4 Å². The highest BCUT2D eigenvalue weighted by atomic mass is 16.6. The number of ketones is 1. The predicted molar refractivity (Wildman–Crippen MR) is 87.5 cm³/mol. The molecule has 0 aliphatic rings. The average Bonchev–Trinajstić information content (AvgIpc) is 2.43. The van der Waals surface area contributed by atoms with Crippen LogP contribution in [0.4, 0.5) is 4.79 Å². The first kappa shape index (κ1) is 18.0. The van der Waals surface area contributed by atoms with E-state index in [2.05, 4.69) is 0 Å². The Labute approximate surface area is 132 Å². The van der Waals surface area contributed by atoms with Crippen LogP contribution in [0.25, 0.3) is 0 Å². The van der Waals surface area contributed by atoms with E-state index >= 15 is 0 Å². The number of allylic oxidation sites excluding steroid dienone is 2. The van der Waals surface area contributed by atoms with E-state index < -0.39 is 11.7 Å². The van der Waals surface area contributed by atoms with Gasteiger partial charge < -0.3 is 9.64 Å². The minimum atomic E-state index is -0.556. The molecule has 0 unspecified atom stereocenters. The summed E-state index contributed by atoms with van der Waals surface area (Å²) in [5.74, 6) is 0.00382. The summed E-state index contributed by atoms with van der Waals surface area (Å²) in [4.78, 5) is 25.5. The molecule has 22 heavy (non-hydrogen) atoms. The third kappa shape index (κ3) is 7.07. The van der Waals surface area contributed by atoms with Gasteiger partial charge in [-0.15, -0.1) is 0 Å². The Morgan fingerprint density at radius 2 is 1.82 bits per heavy atom. The second-order valence-electron chi connectivity index (χ2n) is 6.10. The smallest absolute Gasteiger partial charge is 0.410 e. The number of amides is 1. The van der Waals surface area contributed by atoms with Gasteiger partial charge in [-0.25, -0.2) is 4.79 Å². The number of nitrogens with zero attached hydrogens (tertiary/aromatic N) is 1. The van der Waals surface area contributed by atoms with E-state index in [1.54, 1.807) is 17.9 Å².